The number of aryl methyl sites for hydroxylation is 1. The predicted octanol–water partition coefficient (Wildman–Crippen LogP) is 3.72. The first-order chi connectivity index (χ1) is 14.9. The fraction of sp³-hybridized carbons (Fsp3) is 0.333. The number of amides is 1. The molecule has 0 atom stereocenters. The molecule has 2 aromatic carbocycles. The van der Waals surface area contributed by atoms with Gasteiger partial charge in [-0.05, 0) is 30.7 Å². The van der Waals surface area contributed by atoms with Crippen LogP contribution in [0.5, 0.6) is 0 Å². The minimum atomic E-state index is -0.542. The second-order valence-corrected chi connectivity index (χ2v) is 8.89. The van der Waals surface area contributed by atoms with Gasteiger partial charge in [-0.15, -0.1) is 0 Å². The standard InChI is InChI=1S/C21H22ClN5O3S/c1-14-2-5-18-19(12-14)31-21(24-18)26-10-8-25(9-11-26)7-6-23-20(28)16-13-15(27(29)30)3-4-17(16)22/h2-5,12-13H,6-11H2,1H3,(H,23,28). The Morgan fingerprint density at radius 2 is 2.00 bits per heavy atom. The molecule has 162 valence electrons. The summed E-state index contributed by atoms with van der Waals surface area (Å²) in [5.41, 5.74) is 2.24. The highest BCUT2D eigenvalue weighted by atomic mass is 35.5. The average molecular weight is 460 g/mol. The summed E-state index contributed by atoms with van der Waals surface area (Å²) in [4.78, 5) is 32.1. The van der Waals surface area contributed by atoms with Gasteiger partial charge in [0.15, 0.2) is 5.13 Å². The molecule has 0 unspecified atom stereocenters. The molecule has 0 spiro atoms. The Bertz CT molecular complexity index is 1130. The van der Waals surface area contributed by atoms with Gasteiger partial charge in [0.2, 0.25) is 0 Å². The minimum absolute atomic E-state index is 0.117. The molecule has 1 saturated heterocycles. The third-order valence-electron chi connectivity index (χ3n) is 5.29. The number of nitro groups is 1. The second kappa shape index (κ2) is 9.17. The molecule has 31 heavy (non-hydrogen) atoms. The number of fused-ring (bicyclic) bond motifs is 1. The number of hydrogen-bond donors (Lipinski definition) is 1. The van der Waals surface area contributed by atoms with Crippen molar-refractivity contribution in [1.82, 2.24) is 15.2 Å². The number of rotatable bonds is 6. The maximum atomic E-state index is 12.4. The zero-order chi connectivity index (χ0) is 22.0. The normalized spacial score (nSPS) is 14.7. The SMILES string of the molecule is Cc1ccc2nc(N3CCN(CCNC(=O)c4cc([N+](=O)[O-])ccc4Cl)CC3)sc2c1. The summed E-state index contributed by atoms with van der Waals surface area (Å²) in [6.45, 7) is 6.74. The first-order valence-corrected chi connectivity index (χ1v) is 11.2. The Morgan fingerprint density at radius 3 is 2.74 bits per heavy atom. The number of carbonyl (C=O) groups excluding carboxylic acids is 1. The number of aromatic nitrogens is 1. The number of anilines is 1. The molecule has 0 aliphatic carbocycles. The zero-order valence-corrected chi connectivity index (χ0v) is 18.6. The fourth-order valence-electron chi connectivity index (χ4n) is 3.54. The van der Waals surface area contributed by atoms with Crippen molar-refractivity contribution >= 4 is 49.9 Å². The molecule has 1 amide bonds. The number of carbonyl (C=O) groups is 1. The van der Waals surface area contributed by atoms with E-state index in [2.05, 4.69) is 40.2 Å². The molecule has 4 rings (SSSR count). The van der Waals surface area contributed by atoms with Gasteiger partial charge in [-0.3, -0.25) is 19.8 Å². The first-order valence-electron chi connectivity index (χ1n) is 9.97. The van der Waals surface area contributed by atoms with Crippen molar-refractivity contribution in [2.24, 2.45) is 0 Å². The summed E-state index contributed by atoms with van der Waals surface area (Å²) in [7, 11) is 0. The van der Waals surface area contributed by atoms with Gasteiger partial charge in [0.1, 0.15) is 0 Å². The molecule has 2 heterocycles. The fourth-order valence-corrected chi connectivity index (χ4v) is 4.86. The van der Waals surface area contributed by atoms with E-state index in [9.17, 15) is 14.9 Å². The Hall–Kier alpha value is -2.75. The third kappa shape index (κ3) is 4.95. The van der Waals surface area contributed by atoms with Crippen molar-refractivity contribution in [2.75, 3.05) is 44.2 Å². The molecule has 0 bridgehead atoms. The van der Waals surface area contributed by atoms with Crippen LogP contribution in [0.15, 0.2) is 36.4 Å². The lowest BCUT2D eigenvalue weighted by molar-refractivity contribution is -0.384. The molecular formula is C21H22ClN5O3S. The first kappa shape index (κ1) is 21.5. The number of benzene rings is 2. The zero-order valence-electron chi connectivity index (χ0n) is 17.0. The van der Waals surface area contributed by atoms with Gasteiger partial charge in [-0.2, -0.15) is 0 Å². The van der Waals surface area contributed by atoms with Crippen molar-refractivity contribution in [2.45, 2.75) is 6.92 Å². The van der Waals surface area contributed by atoms with Crippen LogP contribution >= 0.6 is 22.9 Å². The van der Waals surface area contributed by atoms with E-state index in [-0.39, 0.29) is 16.3 Å². The summed E-state index contributed by atoms with van der Waals surface area (Å²) in [6.07, 6.45) is 0. The Balaban J connectivity index is 1.27. The van der Waals surface area contributed by atoms with Crippen LogP contribution in [0, 0.1) is 17.0 Å². The van der Waals surface area contributed by atoms with Gasteiger partial charge in [0.05, 0.1) is 25.7 Å². The number of piperazine rings is 1. The van der Waals surface area contributed by atoms with E-state index in [1.165, 1.54) is 28.5 Å². The third-order valence-corrected chi connectivity index (χ3v) is 6.70. The van der Waals surface area contributed by atoms with E-state index in [0.29, 0.717) is 13.1 Å². The van der Waals surface area contributed by atoms with E-state index in [0.717, 1.165) is 36.8 Å². The van der Waals surface area contributed by atoms with Crippen LogP contribution in [-0.4, -0.2) is 60.0 Å². The van der Waals surface area contributed by atoms with Crippen LogP contribution < -0.4 is 10.2 Å². The summed E-state index contributed by atoms with van der Waals surface area (Å²) in [5.74, 6) is -0.405. The molecule has 8 nitrogen and oxygen atoms in total. The highest BCUT2D eigenvalue weighted by Gasteiger charge is 2.20. The lowest BCUT2D eigenvalue weighted by Crippen LogP contribution is -2.48. The Morgan fingerprint density at radius 1 is 1.23 bits per heavy atom. The van der Waals surface area contributed by atoms with E-state index in [1.54, 1.807) is 11.3 Å². The van der Waals surface area contributed by atoms with Crippen molar-refractivity contribution in [3.63, 3.8) is 0 Å². The maximum absolute atomic E-state index is 12.4. The minimum Gasteiger partial charge on any atom is -0.351 e. The maximum Gasteiger partial charge on any atom is 0.270 e. The summed E-state index contributed by atoms with van der Waals surface area (Å²) in [5, 5.41) is 15.0. The van der Waals surface area contributed by atoms with Crippen molar-refractivity contribution in [3.05, 3.63) is 62.7 Å². The summed E-state index contributed by atoms with van der Waals surface area (Å²) < 4.78 is 1.21. The Kier molecular flexibility index (Phi) is 6.35. The highest BCUT2D eigenvalue weighted by Crippen LogP contribution is 2.30. The molecule has 1 N–H and O–H groups in total. The van der Waals surface area contributed by atoms with Gasteiger partial charge in [-0.1, -0.05) is 29.0 Å². The van der Waals surface area contributed by atoms with Crippen molar-refractivity contribution in [1.29, 1.82) is 0 Å². The van der Waals surface area contributed by atoms with E-state index >= 15 is 0 Å². The lowest BCUT2D eigenvalue weighted by Gasteiger charge is -2.34. The van der Waals surface area contributed by atoms with Gasteiger partial charge >= 0.3 is 0 Å². The van der Waals surface area contributed by atoms with Gasteiger partial charge < -0.3 is 10.2 Å². The predicted molar refractivity (Wildman–Crippen MR) is 123 cm³/mol. The number of thiazole rings is 1. The van der Waals surface area contributed by atoms with Crippen LogP contribution in [0.3, 0.4) is 0 Å². The highest BCUT2D eigenvalue weighted by molar-refractivity contribution is 7.22. The molecule has 0 radical (unpaired) electrons. The van der Waals surface area contributed by atoms with Crippen LogP contribution in [0.2, 0.25) is 5.02 Å². The number of nitro benzene ring substituents is 1. The molecule has 10 heteroatoms. The molecule has 1 aliphatic heterocycles. The van der Waals surface area contributed by atoms with Crippen LogP contribution in [-0.2, 0) is 0 Å². The molecule has 1 aromatic heterocycles. The van der Waals surface area contributed by atoms with Gasteiger partial charge in [0.25, 0.3) is 11.6 Å². The van der Waals surface area contributed by atoms with Crippen LogP contribution in [0.4, 0.5) is 10.8 Å². The van der Waals surface area contributed by atoms with E-state index in [1.807, 2.05) is 0 Å². The summed E-state index contributed by atoms with van der Waals surface area (Å²) >= 11 is 7.75. The quantitative estimate of drug-likeness (QED) is 0.446. The molecule has 1 fully saturated rings. The monoisotopic (exact) mass is 459 g/mol. The number of nitrogens with zero attached hydrogens (tertiary/aromatic N) is 4. The number of halogens is 1. The van der Waals surface area contributed by atoms with Crippen molar-refractivity contribution < 1.29 is 9.72 Å². The topological polar surface area (TPSA) is 91.6 Å². The van der Waals surface area contributed by atoms with E-state index < -0.39 is 10.8 Å². The second-order valence-electron chi connectivity index (χ2n) is 7.47. The van der Waals surface area contributed by atoms with Gasteiger partial charge in [-0.25, -0.2) is 4.98 Å². The molecule has 1 aliphatic rings. The average Bonchev–Trinajstić information content (AvgIpc) is 3.17. The number of hydrogen-bond acceptors (Lipinski definition) is 7. The Labute approximate surface area is 188 Å². The molecular weight excluding hydrogens is 438 g/mol. The van der Waals surface area contributed by atoms with Gasteiger partial charge in [0, 0.05) is 51.4 Å². The summed E-state index contributed by atoms with van der Waals surface area (Å²) in [6, 6.07) is 10.2. The van der Waals surface area contributed by atoms with Crippen molar-refractivity contribution in [3.8, 4) is 0 Å². The number of nitrogens with one attached hydrogen (secondary N) is 1. The lowest BCUT2D eigenvalue weighted by atomic mass is 10.2. The van der Waals surface area contributed by atoms with Crippen LogP contribution in [0.1, 0.15) is 15.9 Å². The smallest absolute Gasteiger partial charge is 0.270 e. The molecule has 0 saturated carbocycles. The molecule has 3 aromatic rings. The van der Waals surface area contributed by atoms with Crippen LogP contribution in [0.25, 0.3) is 10.2 Å². The number of non-ortho nitro benzene ring substituents is 1. The van der Waals surface area contributed by atoms with E-state index in [4.69, 9.17) is 16.6 Å². The largest absolute Gasteiger partial charge is 0.351 e.